The van der Waals surface area contributed by atoms with Crippen LogP contribution in [0.15, 0.2) is 54.6 Å². The SMILES string of the molecule is COc1ccc([C@H]2[C@@H](C(=O)Nc3ccc(C)c(F)c3)c3cc(OC)c(OC)cc3C(=O)N2C)cc1. The molecular formula is C27H27FN2O5. The van der Waals surface area contributed by atoms with E-state index in [9.17, 15) is 14.0 Å². The van der Waals surface area contributed by atoms with Gasteiger partial charge in [-0.2, -0.15) is 0 Å². The van der Waals surface area contributed by atoms with Gasteiger partial charge in [0.25, 0.3) is 5.91 Å². The fourth-order valence-electron chi connectivity index (χ4n) is 4.44. The molecule has 1 aliphatic heterocycles. The van der Waals surface area contributed by atoms with Crippen LogP contribution in [0, 0.1) is 12.7 Å². The van der Waals surface area contributed by atoms with Crippen LogP contribution >= 0.6 is 0 Å². The highest BCUT2D eigenvalue weighted by Gasteiger charge is 2.43. The summed E-state index contributed by atoms with van der Waals surface area (Å²) in [5.74, 6) is -0.440. The van der Waals surface area contributed by atoms with Gasteiger partial charge >= 0.3 is 0 Å². The van der Waals surface area contributed by atoms with Gasteiger partial charge in [-0.25, -0.2) is 4.39 Å². The van der Waals surface area contributed by atoms with Gasteiger partial charge in [0.15, 0.2) is 11.5 Å². The normalized spacial score (nSPS) is 17.0. The van der Waals surface area contributed by atoms with Crippen LogP contribution in [0.3, 0.4) is 0 Å². The molecular weight excluding hydrogens is 451 g/mol. The Morgan fingerprint density at radius 2 is 1.60 bits per heavy atom. The summed E-state index contributed by atoms with van der Waals surface area (Å²) in [5.41, 5.74) is 2.39. The minimum absolute atomic E-state index is 0.257. The predicted molar refractivity (Wildman–Crippen MR) is 130 cm³/mol. The molecule has 1 heterocycles. The highest BCUT2D eigenvalue weighted by Crippen LogP contribution is 2.46. The molecule has 35 heavy (non-hydrogen) atoms. The molecule has 7 nitrogen and oxygen atoms in total. The number of aryl methyl sites for hydroxylation is 1. The van der Waals surface area contributed by atoms with Gasteiger partial charge in [0.05, 0.1) is 33.3 Å². The first-order valence-corrected chi connectivity index (χ1v) is 11.0. The van der Waals surface area contributed by atoms with Gasteiger partial charge in [-0.1, -0.05) is 18.2 Å². The van der Waals surface area contributed by atoms with Crippen molar-refractivity contribution in [3.05, 3.63) is 82.7 Å². The van der Waals surface area contributed by atoms with E-state index in [1.807, 2.05) is 12.1 Å². The zero-order chi connectivity index (χ0) is 25.3. The molecule has 0 saturated carbocycles. The molecule has 0 saturated heterocycles. The van der Waals surface area contributed by atoms with Crippen molar-refractivity contribution in [1.82, 2.24) is 4.90 Å². The number of rotatable bonds is 6. The van der Waals surface area contributed by atoms with Gasteiger partial charge in [-0.05, 0) is 60.0 Å². The maximum Gasteiger partial charge on any atom is 0.254 e. The first-order chi connectivity index (χ1) is 16.8. The van der Waals surface area contributed by atoms with Crippen molar-refractivity contribution in [2.45, 2.75) is 18.9 Å². The third-order valence-electron chi connectivity index (χ3n) is 6.35. The second kappa shape index (κ2) is 9.66. The second-order valence-corrected chi connectivity index (χ2v) is 8.36. The van der Waals surface area contributed by atoms with Crippen molar-refractivity contribution in [2.75, 3.05) is 33.7 Å². The molecule has 2 atom stereocenters. The summed E-state index contributed by atoms with van der Waals surface area (Å²) in [6.07, 6.45) is 0. The van der Waals surface area contributed by atoms with E-state index in [2.05, 4.69) is 5.32 Å². The number of amides is 2. The summed E-state index contributed by atoms with van der Waals surface area (Å²) in [6, 6.07) is 14.4. The van der Waals surface area contributed by atoms with Gasteiger partial charge in [0.1, 0.15) is 11.6 Å². The van der Waals surface area contributed by atoms with Gasteiger partial charge < -0.3 is 24.4 Å². The van der Waals surface area contributed by atoms with Crippen LogP contribution in [-0.4, -0.2) is 45.1 Å². The Morgan fingerprint density at radius 1 is 0.943 bits per heavy atom. The number of likely N-dealkylation sites (N-methyl/N-ethyl adjacent to an activating group) is 1. The summed E-state index contributed by atoms with van der Waals surface area (Å²) >= 11 is 0. The van der Waals surface area contributed by atoms with Crippen LogP contribution in [0.5, 0.6) is 17.2 Å². The Hall–Kier alpha value is -4.07. The average Bonchev–Trinajstić information content (AvgIpc) is 2.87. The number of carbonyl (C=O) groups excluding carboxylic acids is 2. The van der Waals surface area contributed by atoms with Crippen molar-refractivity contribution in [3.63, 3.8) is 0 Å². The van der Waals surface area contributed by atoms with E-state index in [0.29, 0.717) is 39.6 Å². The third kappa shape index (κ3) is 4.39. The number of hydrogen-bond acceptors (Lipinski definition) is 5. The first-order valence-electron chi connectivity index (χ1n) is 11.0. The maximum atomic E-state index is 14.2. The van der Waals surface area contributed by atoms with Gasteiger partial charge in [-0.15, -0.1) is 0 Å². The van der Waals surface area contributed by atoms with Crippen LogP contribution in [0.4, 0.5) is 10.1 Å². The summed E-state index contributed by atoms with van der Waals surface area (Å²) < 4.78 is 30.3. The van der Waals surface area contributed by atoms with Crippen molar-refractivity contribution >= 4 is 17.5 Å². The van der Waals surface area contributed by atoms with E-state index in [4.69, 9.17) is 14.2 Å². The number of nitrogens with one attached hydrogen (secondary N) is 1. The molecule has 4 rings (SSSR count). The zero-order valence-corrected chi connectivity index (χ0v) is 20.2. The van der Waals surface area contributed by atoms with E-state index in [1.165, 1.54) is 25.2 Å². The number of methoxy groups -OCH3 is 3. The molecule has 0 bridgehead atoms. The molecule has 0 fully saturated rings. The fourth-order valence-corrected chi connectivity index (χ4v) is 4.44. The van der Waals surface area contributed by atoms with Crippen LogP contribution < -0.4 is 19.5 Å². The highest BCUT2D eigenvalue weighted by atomic mass is 19.1. The topological polar surface area (TPSA) is 77.1 Å². The largest absolute Gasteiger partial charge is 0.497 e. The quantitative estimate of drug-likeness (QED) is 0.555. The number of hydrogen-bond donors (Lipinski definition) is 1. The molecule has 182 valence electrons. The van der Waals surface area contributed by atoms with Crippen LogP contribution in [0.2, 0.25) is 0 Å². The molecule has 3 aromatic rings. The Morgan fingerprint density at radius 3 is 2.20 bits per heavy atom. The minimum atomic E-state index is -0.815. The average molecular weight is 479 g/mol. The lowest BCUT2D eigenvalue weighted by molar-refractivity contribution is -0.119. The molecule has 0 aromatic heterocycles. The van der Waals surface area contributed by atoms with Gasteiger partial charge in [0, 0.05) is 18.3 Å². The van der Waals surface area contributed by atoms with E-state index in [1.54, 1.807) is 57.5 Å². The van der Waals surface area contributed by atoms with Gasteiger partial charge in [-0.3, -0.25) is 9.59 Å². The van der Waals surface area contributed by atoms with Crippen molar-refractivity contribution in [1.29, 1.82) is 0 Å². The number of fused-ring (bicyclic) bond motifs is 1. The molecule has 0 unspecified atom stereocenters. The lowest BCUT2D eigenvalue weighted by Crippen LogP contribution is -2.44. The standard InChI is InChI=1S/C27H27FN2O5/c1-15-6-9-17(12-21(15)28)29-26(31)24-19-13-22(34-4)23(35-5)14-20(19)27(32)30(2)25(24)16-7-10-18(33-3)11-8-16/h6-14,24-25H,1-5H3,(H,29,31)/t24-,25-/m0/s1. The number of halogens is 1. The number of anilines is 1. The monoisotopic (exact) mass is 478 g/mol. The van der Waals surface area contributed by atoms with E-state index >= 15 is 0 Å². The molecule has 0 spiro atoms. The van der Waals surface area contributed by atoms with Gasteiger partial charge in [0.2, 0.25) is 5.91 Å². The molecule has 8 heteroatoms. The highest BCUT2D eigenvalue weighted by molar-refractivity contribution is 6.05. The Bertz CT molecular complexity index is 1280. The number of carbonyl (C=O) groups is 2. The summed E-state index contributed by atoms with van der Waals surface area (Å²) in [4.78, 5) is 28.7. The lowest BCUT2D eigenvalue weighted by Gasteiger charge is -2.40. The molecule has 3 aromatic carbocycles. The third-order valence-corrected chi connectivity index (χ3v) is 6.35. The molecule has 0 aliphatic carbocycles. The fraction of sp³-hybridized carbons (Fsp3) is 0.259. The zero-order valence-electron chi connectivity index (χ0n) is 20.2. The van der Waals surface area contributed by atoms with Crippen molar-refractivity contribution < 1.29 is 28.2 Å². The Balaban J connectivity index is 1.86. The Kier molecular flexibility index (Phi) is 6.64. The first kappa shape index (κ1) is 24.1. The minimum Gasteiger partial charge on any atom is -0.497 e. The summed E-state index contributed by atoms with van der Waals surface area (Å²) in [6.45, 7) is 1.65. The molecule has 0 radical (unpaired) electrons. The Labute approximate surface area is 203 Å². The second-order valence-electron chi connectivity index (χ2n) is 8.36. The molecule has 2 amide bonds. The number of nitrogens with zero attached hydrogens (tertiary/aromatic N) is 1. The molecule has 1 N–H and O–H groups in total. The van der Waals surface area contributed by atoms with E-state index in [0.717, 1.165) is 5.56 Å². The van der Waals surface area contributed by atoms with Crippen LogP contribution in [0.1, 0.15) is 39.0 Å². The lowest BCUT2D eigenvalue weighted by atomic mass is 9.79. The van der Waals surface area contributed by atoms with Crippen LogP contribution in [0.25, 0.3) is 0 Å². The molecule has 1 aliphatic rings. The maximum absolute atomic E-state index is 14.2. The smallest absolute Gasteiger partial charge is 0.254 e. The summed E-state index contributed by atoms with van der Waals surface area (Å²) in [5, 5.41) is 2.83. The summed E-state index contributed by atoms with van der Waals surface area (Å²) in [7, 11) is 6.20. The van der Waals surface area contributed by atoms with Crippen molar-refractivity contribution in [2.24, 2.45) is 0 Å². The predicted octanol–water partition coefficient (Wildman–Crippen LogP) is 4.71. The van der Waals surface area contributed by atoms with Crippen LogP contribution in [-0.2, 0) is 4.79 Å². The van der Waals surface area contributed by atoms with E-state index < -0.39 is 17.8 Å². The van der Waals surface area contributed by atoms with E-state index in [-0.39, 0.29) is 11.8 Å². The number of ether oxygens (including phenoxy) is 3. The number of benzene rings is 3. The van der Waals surface area contributed by atoms with Crippen molar-refractivity contribution in [3.8, 4) is 17.2 Å².